The van der Waals surface area contributed by atoms with E-state index < -0.39 is 10.3 Å². The fourth-order valence-corrected chi connectivity index (χ4v) is 12.0. The maximum Gasteiger partial charge on any atom is 0.270 e. The van der Waals surface area contributed by atoms with Crippen LogP contribution in [0.4, 0.5) is 28.4 Å². The van der Waals surface area contributed by atoms with E-state index in [0.717, 1.165) is 111 Å². The summed E-state index contributed by atoms with van der Waals surface area (Å²) < 4.78 is 6.47. The van der Waals surface area contributed by atoms with E-state index in [1.54, 1.807) is 24.3 Å². The van der Waals surface area contributed by atoms with Crippen molar-refractivity contribution in [1.82, 2.24) is 0 Å². The molecule has 8 heteroatoms. The van der Waals surface area contributed by atoms with Crippen molar-refractivity contribution in [3.8, 4) is 66.8 Å². The van der Waals surface area contributed by atoms with Gasteiger partial charge in [0.05, 0.1) is 15.3 Å². The van der Waals surface area contributed by atoms with Crippen molar-refractivity contribution in [3.63, 3.8) is 0 Å². The van der Waals surface area contributed by atoms with Gasteiger partial charge in [0.2, 0.25) is 0 Å². The molecule has 0 unspecified atom stereocenters. The SMILES string of the molecule is O=[N+]([O-])c1ccc2c(c1)-c1cc([N+](=O)[O-])cc(-c3cccc(N(c4ccc(-c5ccc(-c6ccccc6)cc5)cc4)c4ccc(-c5cccc6c5oc5ccccc56)cc4)c3)c1C21c2ccccc2-c2ccccc21. The van der Waals surface area contributed by atoms with E-state index in [2.05, 4.69) is 150 Å². The maximum atomic E-state index is 13.1. The number of furan rings is 1. The Hall–Kier alpha value is -10.2. The zero-order valence-electron chi connectivity index (χ0n) is 40.1. The number of rotatable bonds is 9. The fraction of sp³-hybridized carbons (Fsp3) is 0.0149. The molecule has 8 nitrogen and oxygen atoms in total. The molecule has 0 saturated carbocycles. The first-order chi connectivity index (χ1) is 36.8. The Kier molecular flexibility index (Phi) is 9.86. The predicted octanol–water partition coefficient (Wildman–Crippen LogP) is 17.9. The van der Waals surface area contributed by atoms with E-state index in [-0.39, 0.29) is 16.3 Å². The largest absolute Gasteiger partial charge is 0.455 e. The summed E-state index contributed by atoms with van der Waals surface area (Å²) in [5, 5.41) is 27.6. The van der Waals surface area contributed by atoms with Gasteiger partial charge in [-0.05, 0) is 132 Å². The number of non-ortho nitro benzene ring substituents is 2. The summed E-state index contributed by atoms with van der Waals surface area (Å²) in [6.45, 7) is 0. The average Bonchev–Trinajstić information content (AvgIpc) is 4.24. The molecule has 0 saturated heterocycles. The second-order valence-corrected chi connectivity index (χ2v) is 19.2. The quantitative estimate of drug-likeness (QED) is 0.105. The van der Waals surface area contributed by atoms with Crippen LogP contribution in [0, 0.1) is 20.2 Å². The van der Waals surface area contributed by atoms with Crippen molar-refractivity contribution in [3.05, 3.63) is 291 Å². The molecular formula is C67H41N3O5. The number of nitro benzene ring substituents is 2. The number of anilines is 3. The third kappa shape index (κ3) is 6.77. The van der Waals surface area contributed by atoms with Crippen LogP contribution in [0.15, 0.2) is 253 Å². The van der Waals surface area contributed by atoms with Gasteiger partial charge in [-0.1, -0.05) is 176 Å². The lowest BCUT2D eigenvalue weighted by Crippen LogP contribution is -2.26. The van der Waals surface area contributed by atoms with Crippen molar-refractivity contribution in [2.24, 2.45) is 0 Å². The number of hydrogen-bond donors (Lipinski definition) is 0. The fourth-order valence-electron chi connectivity index (χ4n) is 12.0. The minimum atomic E-state index is -0.944. The molecule has 75 heavy (non-hydrogen) atoms. The van der Waals surface area contributed by atoms with E-state index in [9.17, 15) is 20.2 Å². The average molecular weight is 968 g/mol. The van der Waals surface area contributed by atoms with Gasteiger partial charge in [-0.3, -0.25) is 20.2 Å². The summed E-state index contributed by atoms with van der Waals surface area (Å²) in [6, 6.07) is 83.4. The van der Waals surface area contributed by atoms with Crippen LogP contribution < -0.4 is 4.90 Å². The molecule has 1 aromatic heterocycles. The Morgan fingerprint density at radius 1 is 0.347 bits per heavy atom. The molecular weight excluding hydrogens is 927 g/mol. The smallest absolute Gasteiger partial charge is 0.270 e. The summed E-state index contributed by atoms with van der Waals surface area (Å²) in [5.41, 5.74) is 18.0. The Labute approximate surface area is 431 Å². The molecule has 12 aromatic rings. The number of hydrogen-bond acceptors (Lipinski definition) is 6. The summed E-state index contributed by atoms with van der Waals surface area (Å²) in [5.74, 6) is 0. The van der Waals surface area contributed by atoms with Gasteiger partial charge in [0, 0.05) is 57.7 Å². The number of para-hydroxylation sites is 2. The highest BCUT2D eigenvalue weighted by molar-refractivity contribution is 6.09. The lowest BCUT2D eigenvalue weighted by molar-refractivity contribution is -0.385. The van der Waals surface area contributed by atoms with Crippen molar-refractivity contribution in [1.29, 1.82) is 0 Å². The van der Waals surface area contributed by atoms with Crippen LogP contribution in [0.3, 0.4) is 0 Å². The highest BCUT2D eigenvalue weighted by atomic mass is 16.6. The van der Waals surface area contributed by atoms with Crippen molar-refractivity contribution >= 4 is 50.4 Å². The van der Waals surface area contributed by atoms with Crippen molar-refractivity contribution in [2.45, 2.75) is 5.41 Å². The highest BCUT2D eigenvalue weighted by Crippen LogP contribution is 2.65. The van der Waals surface area contributed by atoms with Crippen LogP contribution in [-0.2, 0) is 5.41 Å². The van der Waals surface area contributed by atoms with Gasteiger partial charge in [0.1, 0.15) is 11.2 Å². The lowest BCUT2D eigenvalue weighted by atomic mass is 9.68. The Balaban J connectivity index is 0.948. The summed E-state index contributed by atoms with van der Waals surface area (Å²) in [4.78, 5) is 26.9. The van der Waals surface area contributed by atoms with E-state index in [4.69, 9.17) is 4.42 Å². The molecule has 0 fully saturated rings. The molecule has 1 heterocycles. The zero-order valence-corrected chi connectivity index (χ0v) is 40.1. The summed E-state index contributed by atoms with van der Waals surface area (Å²) >= 11 is 0. The van der Waals surface area contributed by atoms with Crippen LogP contribution in [-0.4, -0.2) is 9.85 Å². The highest BCUT2D eigenvalue weighted by Gasteiger charge is 2.53. The van der Waals surface area contributed by atoms with Crippen molar-refractivity contribution in [2.75, 3.05) is 4.90 Å². The molecule has 1 spiro atoms. The second kappa shape index (κ2) is 17.0. The van der Waals surface area contributed by atoms with Gasteiger partial charge in [-0.15, -0.1) is 0 Å². The van der Waals surface area contributed by atoms with Crippen LogP contribution in [0.25, 0.3) is 88.7 Å². The third-order valence-electron chi connectivity index (χ3n) is 15.3. The van der Waals surface area contributed by atoms with Crippen LogP contribution in [0.5, 0.6) is 0 Å². The number of nitro groups is 2. The van der Waals surface area contributed by atoms with Crippen LogP contribution >= 0.6 is 0 Å². The molecule has 14 rings (SSSR count). The molecule has 2 aliphatic rings. The monoisotopic (exact) mass is 967 g/mol. The third-order valence-corrected chi connectivity index (χ3v) is 15.3. The number of benzene rings is 11. The molecule has 11 aromatic carbocycles. The van der Waals surface area contributed by atoms with Gasteiger partial charge in [0.15, 0.2) is 0 Å². The predicted molar refractivity (Wildman–Crippen MR) is 300 cm³/mol. The van der Waals surface area contributed by atoms with Gasteiger partial charge >= 0.3 is 0 Å². The first-order valence-electron chi connectivity index (χ1n) is 24.8. The van der Waals surface area contributed by atoms with E-state index in [1.807, 2.05) is 78.9 Å². The Morgan fingerprint density at radius 2 is 0.840 bits per heavy atom. The van der Waals surface area contributed by atoms with Crippen LogP contribution in [0.2, 0.25) is 0 Å². The van der Waals surface area contributed by atoms with Crippen molar-refractivity contribution < 1.29 is 14.3 Å². The lowest BCUT2D eigenvalue weighted by Gasteiger charge is -2.32. The molecule has 0 N–H and O–H groups in total. The standard InChI is InChI=1S/C67H41N3O5/c71-69(72)51-36-37-63-59(39-51)60-41-52(70(73)74)40-58(65(60)67(63)61-21-7-4-16-54(61)55-17-5-8-22-62(55)67)47-14-10-15-50(38-47)68(48-32-28-45(29-33-48)44-26-24-43(25-27-44)42-12-2-1-3-13-42)49-34-30-46(31-35-49)53-19-11-20-57-56-18-6-9-23-64(56)75-66(53)57/h1-41H. The van der Waals surface area contributed by atoms with E-state index in [1.165, 1.54) is 0 Å². The van der Waals surface area contributed by atoms with Gasteiger partial charge in [0.25, 0.3) is 11.4 Å². The minimum Gasteiger partial charge on any atom is -0.455 e. The number of fused-ring (bicyclic) bond motifs is 13. The molecule has 0 amide bonds. The minimum absolute atomic E-state index is 0.0856. The molecule has 354 valence electrons. The Morgan fingerprint density at radius 3 is 1.51 bits per heavy atom. The summed E-state index contributed by atoms with van der Waals surface area (Å²) in [6.07, 6.45) is 0. The van der Waals surface area contributed by atoms with Gasteiger partial charge < -0.3 is 9.32 Å². The zero-order chi connectivity index (χ0) is 50.4. The molecule has 0 bridgehead atoms. The molecule has 2 aliphatic carbocycles. The second-order valence-electron chi connectivity index (χ2n) is 19.2. The van der Waals surface area contributed by atoms with E-state index >= 15 is 0 Å². The molecule has 0 atom stereocenters. The van der Waals surface area contributed by atoms with Gasteiger partial charge in [-0.25, -0.2) is 0 Å². The normalized spacial score (nSPS) is 12.6. The molecule has 0 aliphatic heterocycles. The molecule has 0 radical (unpaired) electrons. The topological polar surface area (TPSA) is 103 Å². The number of nitrogens with zero attached hydrogens (tertiary/aromatic N) is 3. The first kappa shape index (κ1) is 43.6. The Bertz CT molecular complexity index is 4250. The maximum absolute atomic E-state index is 13.1. The van der Waals surface area contributed by atoms with E-state index in [0.29, 0.717) is 16.7 Å². The first-order valence-corrected chi connectivity index (χ1v) is 24.8. The van der Waals surface area contributed by atoms with Crippen LogP contribution in [0.1, 0.15) is 22.3 Å². The summed E-state index contributed by atoms with van der Waals surface area (Å²) in [7, 11) is 0. The van der Waals surface area contributed by atoms with Gasteiger partial charge in [-0.2, -0.15) is 0 Å².